The van der Waals surface area contributed by atoms with Crippen molar-refractivity contribution >= 4 is 23.6 Å². The number of alkyl halides is 2. The van der Waals surface area contributed by atoms with E-state index in [2.05, 4.69) is 15.2 Å². The molecule has 1 aromatic heterocycles. The molecule has 1 aromatic carbocycles. The largest absolute Gasteiger partial charge is 0.435 e. The van der Waals surface area contributed by atoms with Gasteiger partial charge in [0.05, 0.1) is 11.7 Å². The number of carbonyl (C=O) groups is 1. The van der Waals surface area contributed by atoms with Crippen LogP contribution < -0.4 is 10.1 Å². The summed E-state index contributed by atoms with van der Waals surface area (Å²) in [5.74, 6) is -0.237. The molecule has 1 amide bonds. The van der Waals surface area contributed by atoms with Crippen LogP contribution in [-0.4, -0.2) is 22.3 Å². The summed E-state index contributed by atoms with van der Waals surface area (Å²) in [5.41, 5.74) is 2.17. The molecule has 0 saturated heterocycles. The minimum atomic E-state index is -2.86. The highest BCUT2D eigenvalue weighted by Crippen LogP contribution is 2.21. The number of hydrogen-bond donors (Lipinski definition) is 1. The molecule has 0 fully saturated rings. The third kappa shape index (κ3) is 5.03. The van der Waals surface area contributed by atoms with Crippen molar-refractivity contribution in [3.05, 3.63) is 52.3 Å². The lowest BCUT2D eigenvalue weighted by atomic mass is 10.1. The Balaban J connectivity index is 1.98. The van der Waals surface area contributed by atoms with E-state index in [4.69, 9.17) is 11.6 Å². The minimum Gasteiger partial charge on any atom is -0.435 e. The Morgan fingerprint density at radius 3 is 2.52 bits per heavy atom. The predicted octanol–water partition coefficient (Wildman–Crippen LogP) is 3.87. The number of amides is 1. The lowest BCUT2D eigenvalue weighted by Crippen LogP contribution is -2.24. The predicted molar refractivity (Wildman–Crippen MR) is 91.6 cm³/mol. The van der Waals surface area contributed by atoms with Crippen molar-refractivity contribution in [2.24, 2.45) is 7.05 Å². The molecule has 0 aliphatic rings. The Kier molecular flexibility index (Phi) is 6.14. The van der Waals surface area contributed by atoms with Gasteiger partial charge in [-0.2, -0.15) is 13.9 Å². The van der Waals surface area contributed by atoms with E-state index in [1.807, 2.05) is 0 Å². The van der Waals surface area contributed by atoms with Gasteiger partial charge in [0.1, 0.15) is 10.9 Å². The molecule has 25 heavy (non-hydrogen) atoms. The van der Waals surface area contributed by atoms with Crippen LogP contribution >= 0.6 is 11.6 Å². The summed E-state index contributed by atoms with van der Waals surface area (Å²) >= 11 is 6.10. The highest BCUT2D eigenvalue weighted by molar-refractivity contribution is 6.31. The van der Waals surface area contributed by atoms with Crippen molar-refractivity contribution in [3.63, 3.8) is 0 Å². The first-order valence-electron chi connectivity index (χ1n) is 7.50. The zero-order valence-electron chi connectivity index (χ0n) is 14.0. The second kappa shape index (κ2) is 8.11. The Bertz CT molecular complexity index is 773. The fraction of sp³-hybridized carbons (Fsp3) is 0.294. The summed E-state index contributed by atoms with van der Waals surface area (Å²) in [6.07, 6.45) is 2.98. The van der Waals surface area contributed by atoms with Crippen LogP contribution in [0.25, 0.3) is 6.08 Å². The van der Waals surface area contributed by atoms with Gasteiger partial charge in [-0.15, -0.1) is 0 Å². The van der Waals surface area contributed by atoms with Gasteiger partial charge in [0.25, 0.3) is 0 Å². The van der Waals surface area contributed by atoms with Gasteiger partial charge < -0.3 is 10.1 Å². The maximum atomic E-state index is 12.1. The fourth-order valence-corrected chi connectivity index (χ4v) is 2.52. The van der Waals surface area contributed by atoms with Crippen LogP contribution in [0.5, 0.6) is 5.75 Å². The number of ether oxygens (including phenoxy) is 1. The van der Waals surface area contributed by atoms with Gasteiger partial charge in [-0.25, -0.2) is 0 Å². The molecule has 0 aliphatic heterocycles. The first kappa shape index (κ1) is 18.9. The normalized spacial score (nSPS) is 12.6. The smallest absolute Gasteiger partial charge is 0.387 e. The molecule has 0 aliphatic carbocycles. The Hall–Kier alpha value is -2.41. The summed E-state index contributed by atoms with van der Waals surface area (Å²) in [7, 11) is 1.72. The van der Waals surface area contributed by atoms with Crippen molar-refractivity contribution in [2.45, 2.75) is 26.5 Å². The molecule has 8 heteroatoms. The summed E-state index contributed by atoms with van der Waals surface area (Å²) in [4.78, 5) is 12.0. The highest BCUT2D eigenvalue weighted by Gasteiger charge is 2.11. The van der Waals surface area contributed by atoms with E-state index in [0.717, 1.165) is 11.3 Å². The SMILES string of the molecule is Cc1nn(C)c(Cl)c1/C=C/C(=O)NC(C)c1ccc(OC(F)F)cc1. The molecule has 1 unspecified atom stereocenters. The number of aromatic nitrogens is 2. The number of nitrogens with zero attached hydrogens (tertiary/aromatic N) is 2. The summed E-state index contributed by atoms with van der Waals surface area (Å²) in [5, 5.41) is 7.40. The monoisotopic (exact) mass is 369 g/mol. The molecule has 1 heterocycles. The van der Waals surface area contributed by atoms with E-state index in [-0.39, 0.29) is 17.7 Å². The molecule has 2 rings (SSSR count). The average molecular weight is 370 g/mol. The maximum absolute atomic E-state index is 12.1. The topological polar surface area (TPSA) is 56.2 Å². The Morgan fingerprint density at radius 2 is 2.00 bits per heavy atom. The van der Waals surface area contributed by atoms with Crippen LogP contribution in [0.4, 0.5) is 8.78 Å². The Morgan fingerprint density at radius 1 is 1.36 bits per heavy atom. The van der Waals surface area contributed by atoms with E-state index >= 15 is 0 Å². The standard InChI is InChI=1S/C17H18ClF2N3O2/c1-10(12-4-6-13(7-5-12)25-17(19)20)21-15(24)9-8-14-11(2)22-23(3)16(14)18/h4-10,17H,1-3H3,(H,21,24)/b9-8+. The van der Waals surface area contributed by atoms with Gasteiger partial charge in [-0.3, -0.25) is 9.48 Å². The lowest BCUT2D eigenvalue weighted by molar-refractivity contribution is -0.117. The molecular weight excluding hydrogens is 352 g/mol. The van der Waals surface area contributed by atoms with Crippen molar-refractivity contribution < 1.29 is 18.3 Å². The number of rotatable bonds is 6. The van der Waals surface area contributed by atoms with E-state index < -0.39 is 6.61 Å². The molecule has 1 atom stereocenters. The second-order valence-electron chi connectivity index (χ2n) is 5.42. The highest BCUT2D eigenvalue weighted by atomic mass is 35.5. The first-order chi connectivity index (χ1) is 11.8. The average Bonchev–Trinajstić information content (AvgIpc) is 2.78. The van der Waals surface area contributed by atoms with Crippen LogP contribution in [0.15, 0.2) is 30.3 Å². The quantitative estimate of drug-likeness (QED) is 0.786. The van der Waals surface area contributed by atoms with Crippen molar-refractivity contribution in [3.8, 4) is 5.75 Å². The molecule has 134 valence electrons. The van der Waals surface area contributed by atoms with Crippen molar-refractivity contribution in [2.75, 3.05) is 0 Å². The molecule has 5 nitrogen and oxygen atoms in total. The van der Waals surface area contributed by atoms with Crippen LogP contribution in [0, 0.1) is 6.92 Å². The molecule has 0 radical (unpaired) electrons. The van der Waals surface area contributed by atoms with Crippen LogP contribution in [0.1, 0.15) is 29.8 Å². The van der Waals surface area contributed by atoms with Gasteiger partial charge in [0, 0.05) is 18.7 Å². The number of aryl methyl sites for hydroxylation is 2. The zero-order valence-corrected chi connectivity index (χ0v) is 14.7. The van der Waals surface area contributed by atoms with Crippen molar-refractivity contribution in [1.29, 1.82) is 0 Å². The Labute approximate surface area is 149 Å². The van der Waals surface area contributed by atoms with Crippen molar-refractivity contribution in [1.82, 2.24) is 15.1 Å². The number of nitrogens with one attached hydrogen (secondary N) is 1. The number of benzene rings is 1. The number of hydrogen-bond acceptors (Lipinski definition) is 3. The van der Waals surface area contributed by atoms with Gasteiger partial charge in [-0.05, 0) is 37.6 Å². The van der Waals surface area contributed by atoms with Gasteiger partial charge in [0.15, 0.2) is 0 Å². The molecule has 1 N–H and O–H groups in total. The van der Waals surface area contributed by atoms with E-state index in [9.17, 15) is 13.6 Å². The zero-order chi connectivity index (χ0) is 18.6. The van der Waals surface area contributed by atoms with E-state index in [0.29, 0.717) is 10.7 Å². The van der Waals surface area contributed by atoms with Gasteiger partial charge in [-0.1, -0.05) is 23.7 Å². The van der Waals surface area contributed by atoms with Crippen LogP contribution in [0.3, 0.4) is 0 Å². The third-order valence-corrected chi connectivity index (χ3v) is 4.01. The van der Waals surface area contributed by atoms with E-state index in [1.54, 1.807) is 39.1 Å². The molecule has 0 bridgehead atoms. The summed E-state index contributed by atoms with van der Waals surface area (Å²) in [6.45, 7) is 0.724. The van der Waals surface area contributed by atoms with Crippen LogP contribution in [0.2, 0.25) is 5.15 Å². The first-order valence-corrected chi connectivity index (χ1v) is 7.88. The lowest BCUT2D eigenvalue weighted by Gasteiger charge is -2.13. The fourth-order valence-electron chi connectivity index (χ4n) is 2.28. The van der Waals surface area contributed by atoms with E-state index in [1.165, 1.54) is 22.9 Å². The van der Waals surface area contributed by atoms with Gasteiger partial charge in [0.2, 0.25) is 5.91 Å². The minimum absolute atomic E-state index is 0.0684. The van der Waals surface area contributed by atoms with Gasteiger partial charge >= 0.3 is 6.61 Å². The molecule has 0 saturated carbocycles. The maximum Gasteiger partial charge on any atom is 0.387 e. The summed E-state index contributed by atoms with van der Waals surface area (Å²) in [6, 6.07) is 5.80. The number of carbonyl (C=O) groups excluding carboxylic acids is 1. The second-order valence-corrected chi connectivity index (χ2v) is 5.78. The van der Waals surface area contributed by atoms with Crippen LogP contribution in [-0.2, 0) is 11.8 Å². The third-order valence-electron chi connectivity index (χ3n) is 3.56. The summed E-state index contributed by atoms with van der Waals surface area (Å²) < 4.78 is 30.1. The molecular formula is C17H18ClF2N3O2. The molecule has 2 aromatic rings. The molecule has 0 spiro atoms. The number of halogens is 3.